The first-order valence-corrected chi connectivity index (χ1v) is 11.1. The smallest absolute Gasteiger partial charge is 0.410 e. The van der Waals surface area contributed by atoms with Crippen LogP contribution in [-0.4, -0.2) is 78.3 Å². The van der Waals surface area contributed by atoms with E-state index in [1.54, 1.807) is 16.2 Å². The van der Waals surface area contributed by atoms with Gasteiger partial charge in [0.15, 0.2) is 5.96 Å². The summed E-state index contributed by atoms with van der Waals surface area (Å²) >= 11 is 1.70. The fourth-order valence-electron chi connectivity index (χ4n) is 2.91. The van der Waals surface area contributed by atoms with Gasteiger partial charge in [0.1, 0.15) is 10.6 Å². The highest BCUT2D eigenvalue weighted by molar-refractivity contribution is 14.0. The quantitative estimate of drug-likeness (QED) is 0.321. The molecule has 1 aliphatic rings. The summed E-state index contributed by atoms with van der Waals surface area (Å²) in [6.07, 6.45) is -0.218. The number of aryl methyl sites for hydroxylation is 2. The number of rotatable bonds is 6. The molecule has 10 heteroatoms. The van der Waals surface area contributed by atoms with Crippen LogP contribution in [-0.2, 0) is 11.3 Å². The van der Waals surface area contributed by atoms with Crippen LogP contribution in [0.3, 0.4) is 0 Å². The summed E-state index contributed by atoms with van der Waals surface area (Å²) in [4.78, 5) is 26.7. The third-order valence-corrected chi connectivity index (χ3v) is 5.59. The lowest BCUT2D eigenvalue weighted by Gasteiger charge is -2.35. The summed E-state index contributed by atoms with van der Waals surface area (Å²) in [6, 6.07) is 0. The molecule has 0 unspecified atom stereocenters. The molecular formula is C20H37IN6O2S. The van der Waals surface area contributed by atoms with Crippen molar-refractivity contribution < 1.29 is 9.53 Å². The van der Waals surface area contributed by atoms with Gasteiger partial charge in [-0.2, -0.15) is 0 Å². The Morgan fingerprint density at radius 3 is 2.40 bits per heavy atom. The number of nitrogens with zero attached hydrogens (tertiary/aromatic N) is 4. The zero-order chi connectivity index (χ0) is 21.4. The molecule has 2 rings (SSSR count). The van der Waals surface area contributed by atoms with E-state index in [1.807, 2.05) is 27.7 Å². The monoisotopic (exact) mass is 552 g/mol. The van der Waals surface area contributed by atoms with Crippen molar-refractivity contribution in [3.63, 3.8) is 0 Å². The Bertz CT molecular complexity index is 676. The summed E-state index contributed by atoms with van der Waals surface area (Å²) in [6.45, 7) is 18.1. The number of piperazine rings is 1. The molecule has 0 radical (unpaired) electrons. The van der Waals surface area contributed by atoms with Crippen molar-refractivity contribution in [1.82, 2.24) is 25.4 Å². The van der Waals surface area contributed by atoms with E-state index in [0.717, 1.165) is 49.4 Å². The maximum absolute atomic E-state index is 12.2. The summed E-state index contributed by atoms with van der Waals surface area (Å²) in [7, 11) is 0. The number of aromatic nitrogens is 1. The lowest BCUT2D eigenvalue weighted by molar-refractivity contribution is 0.0147. The second-order valence-corrected chi connectivity index (χ2v) is 9.47. The van der Waals surface area contributed by atoms with Crippen molar-refractivity contribution in [2.75, 3.05) is 45.8 Å². The number of nitrogens with one attached hydrogen (secondary N) is 2. The third-order valence-electron chi connectivity index (χ3n) is 4.53. The number of guanidine groups is 1. The van der Waals surface area contributed by atoms with E-state index in [9.17, 15) is 4.79 Å². The SMILES string of the molecule is CCNC(=NCc1nc(C)c(C)s1)NCCN1CCN(C(=O)OC(C)(C)C)CC1.I. The molecule has 1 aromatic heterocycles. The molecule has 1 aromatic rings. The Kier molecular flexibility index (Phi) is 11.3. The molecule has 30 heavy (non-hydrogen) atoms. The molecule has 0 spiro atoms. The van der Waals surface area contributed by atoms with Gasteiger partial charge in [0.2, 0.25) is 0 Å². The number of aliphatic imine (C=N–C) groups is 1. The van der Waals surface area contributed by atoms with Gasteiger partial charge >= 0.3 is 6.09 Å². The molecule has 0 aliphatic carbocycles. The van der Waals surface area contributed by atoms with Crippen molar-refractivity contribution in [2.24, 2.45) is 4.99 Å². The molecule has 1 saturated heterocycles. The first-order valence-electron chi connectivity index (χ1n) is 10.3. The average molecular weight is 553 g/mol. The predicted octanol–water partition coefficient (Wildman–Crippen LogP) is 2.99. The van der Waals surface area contributed by atoms with Crippen LogP contribution in [0.1, 0.15) is 43.3 Å². The Morgan fingerprint density at radius 1 is 1.20 bits per heavy atom. The van der Waals surface area contributed by atoms with Gasteiger partial charge in [-0.3, -0.25) is 4.90 Å². The number of hydrogen-bond acceptors (Lipinski definition) is 6. The number of halogens is 1. The van der Waals surface area contributed by atoms with Gasteiger partial charge in [-0.25, -0.2) is 14.8 Å². The second-order valence-electron chi connectivity index (χ2n) is 8.18. The van der Waals surface area contributed by atoms with Gasteiger partial charge in [-0.1, -0.05) is 0 Å². The second kappa shape index (κ2) is 12.7. The van der Waals surface area contributed by atoms with Crippen LogP contribution in [0, 0.1) is 13.8 Å². The summed E-state index contributed by atoms with van der Waals surface area (Å²) < 4.78 is 5.45. The number of thiazole rings is 1. The molecule has 0 saturated carbocycles. The Morgan fingerprint density at radius 2 is 1.87 bits per heavy atom. The maximum atomic E-state index is 12.2. The molecule has 2 N–H and O–H groups in total. The largest absolute Gasteiger partial charge is 0.444 e. The first-order chi connectivity index (χ1) is 13.7. The van der Waals surface area contributed by atoms with Crippen LogP contribution in [0.4, 0.5) is 4.79 Å². The molecule has 0 bridgehead atoms. The molecule has 0 atom stereocenters. The normalized spacial score (nSPS) is 15.5. The summed E-state index contributed by atoms with van der Waals surface area (Å²) in [5.41, 5.74) is 0.639. The molecular weight excluding hydrogens is 515 g/mol. The Labute approximate surface area is 201 Å². The van der Waals surface area contributed by atoms with Crippen LogP contribution in [0.5, 0.6) is 0 Å². The number of hydrogen-bond donors (Lipinski definition) is 2. The van der Waals surface area contributed by atoms with Gasteiger partial charge in [0.05, 0.1) is 12.2 Å². The van der Waals surface area contributed by atoms with Crippen molar-refractivity contribution in [2.45, 2.75) is 53.7 Å². The maximum Gasteiger partial charge on any atom is 0.410 e. The van der Waals surface area contributed by atoms with E-state index in [1.165, 1.54) is 4.88 Å². The molecule has 2 heterocycles. The van der Waals surface area contributed by atoms with Gasteiger partial charge < -0.3 is 20.3 Å². The van der Waals surface area contributed by atoms with Crippen molar-refractivity contribution in [3.05, 3.63) is 15.6 Å². The fraction of sp³-hybridized carbons (Fsp3) is 0.750. The first kappa shape index (κ1) is 26.9. The Hall–Kier alpha value is -1.14. The minimum atomic E-state index is -0.448. The standard InChI is InChI=1S/C20H36N6O2S.HI/c1-7-21-18(23-14-17-24-15(2)16(3)29-17)22-8-9-25-10-12-26(13-11-25)19(27)28-20(4,5)6;/h7-14H2,1-6H3,(H2,21,22,23);1H. The molecule has 172 valence electrons. The van der Waals surface area contributed by atoms with Crippen LogP contribution >= 0.6 is 35.3 Å². The van der Waals surface area contributed by atoms with Crippen molar-refractivity contribution >= 4 is 47.4 Å². The number of ether oxygens (including phenoxy) is 1. The van der Waals surface area contributed by atoms with E-state index >= 15 is 0 Å². The fourth-order valence-corrected chi connectivity index (χ4v) is 3.77. The lowest BCUT2D eigenvalue weighted by Crippen LogP contribution is -2.51. The molecule has 0 aromatic carbocycles. The average Bonchev–Trinajstić information content (AvgIpc) is 2.96. The third kappa shape index (κ3) is 9.34. The van der Waals surface area contributed by atoms with E-state index in [-0.39, 0.29) is 30.1 Å². The van der Waals surface area contributed by atoms with E-state index in [2.05, 4.69) is 39.4 Å². The van der Waals surface area contributed by atoms with Gasteiger partial charge in [0.25, 0.3) is 0 Å². The highest BCUT2D eigenvalue weighted by Crippen LogP contribution is 2.17. The molecule has 1 amide bonds. The van der Waals surface area contributed by atoms with E-state index in [0.29, 0.717) is 19.6 Å². The van der Waals surface area contributed by atoms with Crippen LogP contribution in [0.2, 0.25) is 0 Å². The Balaban J connectivity index is 0.00000450. The molecule has 1 fully saturated rings. The van der Waals surface area contributed by atoms with Gasteiger partial charge in [-0.15, -0.1) is 35.3 Å². The zero-order valence-corrected chi connectivity index (χ0v) is 22.2. The van der Waals surface area contributed by atoms with Gasteiger partial charge in [0, 0.05) is 50.7 Å². The van der Waals surface area contributed by atoms with Crippen LogP contribution < -0.4 is 10.6 Å². The lowest BCUT2D eigenvalue weighted by atomic mass is 10.2. The molecule has 8 nitrogen and oxygen atoms in total. The minimum Gasteiger partial charge on any atom is -0.444 e. The van der Waals surface area contributed by atoms with Crippen molar-refractivity contribution in [3.8, 4) is 0 Å². The van der Waals surface area contributed by atoms with Crippen LogP contribution in [0.25, 0.3) is 0 Å². The van der Waals surface area contributed by atoms with Crippen LogP contribution in [0.15, 0.2) is 4.99 Å². The molecule has 1 aliphatic heterocycles. The number of amides is 1. The summed E-state index contributed by atoms with van der Waals surface area (Å²) in [5.74, 6) is 0.811. The topological polar surface area (TPSA) is 82.1 Å². The highest BCUT2D eigenvalue weighted by Gasteiger charge is 2.25. The van der Waals surface area contributed by atoms with Crippen molar-refractivity contribution in [1.29, 1.82) is 0 Å². The highest BCUT2D eigenvalue weighted by atomic mass is 127. The minimum absolute atomic E-state index is 0. The van der Waals surface area contributed by atoms with E-state index in [4.69, 9.17) is 4.74 Å². The van der Waals surface area contributed by atoms with Gasteiger partial charge in [-0.05, 0) is 41.5 Å². The van der Waals surface area contributed by atoms with E-state index < -0.39 is 5.60 Å². The summed E-state index contributed by atoms with van der Waals surface area (Å²) in [5, 5.41) is 7.71. The number of carbonyl (C=O) groups is 1. The predicted molar refractivity (Wildman–Crippen MR) is 134 cm³/mol. The number of carbonyl (C=O) groups excluding carboxylic acids is 1. The zero-order valence-electron chi connectivity index (χ0n) is 19.1.